The molecule has 0 aromatic carbocycles. The molecule has 3 nitrogen and oxygen atoms in total. The predicted octanol–water partition coefficient (Wildman–Crippen LogP) is 0.972. The average Bonchev–Trinajstić information content (AvgIpc) is 2.53. The van der Waals surface area contributed by atoms with Crippen LogP contribution in [0, 0.1) is 11.3 Å². The van der Waals surface area contributed by atoms with Crippen molar-refractivity contribution in [2.45, 2.75) is 38.8 Å². The van der Waals surface area contributed by atoms with Crippen LogP contribution in [0.4, 0.5) is 0 Å². The van der Waals surface area contributed by atoms with E-state index in [4.69, 9.17) is 5.26 Å². The Morgan fingerprint density at radius 1 is 1.62 bits per heavy atom. The first-order valence-electron chi connectivity index (χ1n) is 5.08. The minimum absolute atomic E-state index is 0.607. The maximum atomic E-state index is 8.38. The SMILES string of the molecule is CC(C)N1CCC(NCCC#N)C1. The molecule has 3 heteroatoms. The van der Waals surface area contributed by atoms with Crippen molar-refractivity contribution in [1.82, 2.24) is 10.2 Å². The first-order chi connectivity index (χ1) is 6.24. The first kappa shape index (κ1) is 10.5. The molecule has 0 aliphatic carbocycles. The number of nitriles is 1. The highest BCUT2D eigenvalue weighted by Crippen LogP contribution is 2.11. The Labute approximate surface area is 80.7 Å². The molecule has 1 unspecified atom stereocenters. The van der Waals surface area contributed by atoms with Crippen LogP contribution in [-0.4, -0.2) is 36.6 Å². The van der Waals surface area contributed by atoms with Crippen LogP contribution >= 0.6 is 0 Å². The van der Waals surface area contributed by atoms with Gasteiger partial charge in [0.05, 0.1) is 6.07 Å². The topological polar surface area (TPSA) is 39.1 Å². The van der Waals surface area contributed by atoms with Gasteiger partial charge in [0, 0.05) is 31.6 Å². The highest BCUT2D eigenvalue weighted by Gasteiger charge is 2.22. The second kappa shape index (κ2) is 5.21. The summed E-state index contributed by atoms with van der Waals surface area (Å²) in [6.45, 7) is 7.65. The van der Waals surface area contributed by atoms with Crippen molar-refractivity contribution in [2.24, 2.45) is 0 Å². The highest BCUT2D eigenvalue weighted by atomic mass is 15.2. The second-order valence-corrected chi connectivity index (χ2v) is 3.94. The molecule has 1 N–H and O–H groups in total. The van der Waals surface area contributed by atoms with E-state index in [2.05, 4.69) is 30.1 Å². The van der Waals surface area contributed by atoms with Crippen LogP contribution in [0.25, 0.3) is 0 Å². The van der Waals surface area contributed by atoms with Gasteiger partial charge in [-0.25, -0.2) is 0 Å². The van der Waals surface area contributed by atoms with E-state index in [0.29, 0.717) is 18.5 Å². The molecular weight excluding hydrogens is 162 g/mol. The van der Waals surface area contributed by atoms with Crippen LogP contribution in [0.15, 0.2) is 0 Å². The van der Waals surface area contributed by atoms with Crippen LogP contribution in [0.2, 0.25) is 0 Å². The van der Waals surface area contributed by atoms with Gasteiger partial charge in [0.25, 0.3) is 0 Å². The van der Waals surface area contributed by atoms with Crippen molar-refractivity contribution in [1.29, 1.82) is 5.26 Å². The molecule has 1 heterocycles. The maximum Gasteiger partial charge on any atom is 0.0635 e. The largest absolute Gasteiger partial charge is 0.312 e. The highest BCUT2D eigenvalue weighted by molar-refractivity contribution is 4.83. The van der Waals surface area contributed by atoms with Crippen molar-refractivity contribution in [3.8, 4) is 6.07 Å². The van der Waals surface area contributed by atoms with Gasteiger partial charge in [-0.2, -0.15) is 5.26 Å². The molecule has 1 atom stereocenters. The summed E-state index contributed by atoms with van der Waals surface area (Å²) < 4.78 is 0. The third kappa shape index (κ3) is 3.33. The van der Waals surface area contributed by atoms with Gasteiger partial charge in [0.1, 0.15) is 0 Å². The van der Waals surface area contributed by atoms with Gasteiger partial charge in [-0.1, -0.05) is 0 Å². The number of rotatable bonds is 4. The minimum atomic E-state index is 0.607. The Morgan fingerprint density at radius 3 is 2.92 bits per heavy atom. The van der Waals surface area contributed by atoms with Gasteiger partial charge >= 0.3 is 0 Å². The number of nitrogens with zero attached hydrogens (tertiary/aromatic N) is 2. The molecule has 0 saturated carbocycles. The van der Waals surface area contributed by atoms with Gasteiger partial charge in [0.15, 0.2) is 0 Å². The predicted molar refractivity (Wildman–Crippen MR) is 53.3 cm³/mol. The fourth-order valence-corrected chi connectivity index (χ4v) is 1.76. The van der Waals surface area contributed by atoms with E-state index in [1.807, 2.05) is 0 Å². The lowest BCUT2D eigenvalue weighted by atomic mass is 10.2. The fourth-order valence-electron chi connectivity index (χ4n) is 1.76. The van der Waals surface area contributed by atoms with Crippen molar-refractivity contribution < 1.29 is 0 Å². The van der Waals surface area contributed by atoms with Crippen molar-refractivity contribution in [3.05, 3.63) is 0 Å². The monoisotopic (exact) mass is 181 g/mol. The molecule has 0 radical (unpaired) electrons. The van der Waals surface area contributed by atoms with Gasteiger partial charge in [0.2, 0.25) is 0 Å². The molecule has 1 aliphatic rings. The quantitative estimate of drug-likeness (QED) is 0.657. The third-order valence-corrected chi connectivity index (χ3v) is 2.62. The number of hydrogen-bond donors (Lipinski definition) is 1. The molecule has 74 valence electrons. The maximum absolute atomic E-state index is 8.38. The first-order valence-corrected chi connectivity index (χ1v) is 5.08. The lowest BCUT2D eigenvalue weighted by Crippen LogP contribution is -2.35. The average molecular weight is 181 g/mol. The zero-order chi connectivity index (χ0) is 9.68. The Kier molecular flexibility index (Phi) is 4.20. The molecule has 0 aromatic rings. The Balaban J connectivity index is 2.15. The Bertz CT molecular complexity index is 183. The zero-order valence-corrected chi connectivity index (χ0v) is 8.58. The summed E-state index contributed by atoms with van der Waals surface area (Å²) in [5.41, 5.74) is 0. The molecule has 1 aliphatic heterocycles. The van der Waals surface area contributed by atoms with Gasteiger partial charge < -0.3 is 5.32 Å². The summed E-state index contributed by atoms with van der Waals surface area (Å²) in [7, 11) is 0. The van der Waals surface area contributed by atoms with Crippen LogP contribution in [0.3, 0.4) is 0 Å². The molecule has 0 aromatic heterocycles. The Hall–Kier alpha value is -0.590. The number of likely N-dealkylation sites (tertiary alicyclic amines) is 1. The zero-order valence-electron chi connectivity index (χ0n) is 8.58. The lowest BCUT2D eigenvalue weighted by molar-refractivity contribution is 0.268. The van der Waals surface area contributed by atoms with E-state index in [-0.39, 0.29) is 0 Å². The van der Waals surface area contributed by atoms with E-state index in [0.717, 1.165) is 13.1 Å². The van der Waals surface area contributed by atoms with Crippen molar-refractivity contribution in [2.75, 3.05) is 19.6 Å². The summed E-state index contributed by atoms with van der Waals surface area (Å²) in [6.07, 6.45) is 1.85. The summed E-state index contributed by atoms with van der Waals surface area (Å²) in [4.78, 5) is 2.48. The summed E-state index contributed by atoms with van der Waals surface area (Å²) in [6, 6.07) is 3.41. The van der Waals surface area contributed by atoms with Gasteiger partial charge in [-0.15, -0.1) is 0 Å². The van der Waals surface area contributed by atoms with E-state index >= 15 is 0 Å². The molecule has 1 rings (SSSR count). The molecule has 0 amide bonds. The molecule has 0 spiro atoms. The van der Waals surface area contributed by atoms with Crippen molar-refractivity contribution in [3.63, 3.8) is 0 Å². The second-order valence-electron chi connectivity index (χ2n) is 3.94. The lowest BCUT2D eigenvalue weighted by Gasteiger charge is -2.20. The van der Waals surface area contributed by atoms with Gasteiger partial charge in [-0.05, 0) is 26.8 Å². The van der Waals surface area contributed by atoms with E-state index in [9.17, 15) is 0 Å². The molecule has 1 fully saturated rings. The van der Waals surface area contributed by atoms with Crippen LogP contribution < -0.4 is 5.32 Å². The summed E-state index contributed by atoms with van der Waals surface area (Å²) in [5.74, 6) is 0. The molecule has 13 heavy (non-hydrogen) atoms. The Morgan fingerprint density at radius 2 is 2.38 bits per heavy atom. The standard InChI is InChI=1S/C10H19N3/c1-9(2)13-7-4-10(8-13)12-6-3-5-11/h9-10,12H,3-4,6-8H2,1-2H3. The smallest absolute Gasteiger partial charge is 0.0635 e. The number of hydrogen-bond acceptors (Lipinski definition) is 3. The third-order valence-electron chi connectivity index (χ3n) is 2.62. The fraction of sp³-hybridized carbons (Fsp3) is 0.900. The summed E-state index contributed by atoms with van der Waals surface area (Å²) in [5, 5.41) is 11.8. The van der Waals surface area contributed by atoms with Crippen LogP contribution in [0.1, 0.15) is 26.7 Å². The normalized spacial score (nSPS) is 23.7. The molecular formula is C10H19N3. The molecule has 0 bridgehead atoms. The van der Waals surface area contributed by atoms with E-state index in [1.165, 1.54) is 13.0 Å². The van der Waals surface area contributed by atoms with Crippen LogP contribution in [0.5, 0.6) is 0 Å². The molecule has 1 saturated heterocycles. The van der Waals surface area contributed by atoms with Crippen LogP contribution in [-0.2, 0) is 0 Å². The van der Waals surface area contributed by atoms with Gasteiger partial charge in [-0.3, -0.25) is 4.90 Å². The minimum Gasteiger partial charge on any atom is -0.312 e. The van der Waals surface area contributed by atoms with Crippen molar-refractivity contribution >= 4 is 0 Å². The summed E-state index contributed by atoms with van der Waals surface area (Å²) >= 11 is 0. The number of nitrogens with one attached hydrogen (secondary N) is 1. The van der Waals surface area contributed by atoms with E-state index < -0.39 is 0 Å². The van der Waals surface area contributed by atoms with E-state index in [1.54, 1.807) is 0 Å².